The molecule has 2 unspecified atom stereocenters. The molecule has 21 nitrogen and oxygen atoms in total. The third kappa shape index (κ3) is 28.0. The molecule has 400 valence electrons. The first-order chi connectivity index (χ1) is 33.2. The lowest BCUT2D eigenvalue weighted by atomic mass is 10.0. The first-order valence-corrected chi connectivity index (χ1v) is 27.3. The molecule has 1 aliphatic heterocycles. The number of nitrogens with zero attached hydrogens (tertiary/aromatic N) is 2. The molecule has 1 fully saturated rings. The van der Waals surface area contributed by atoms with E-state index in [0.717, 1.165) is 55.7 Å². The number of nitrogens with two attached hydrogens (primary N) is 1. The highest BCUT2D eigenvalue weighted by molar-refractivity contribution is 7.61. The normalized spacial score (nSPS) is 21.1. The number of esters is 2. The van der Waals surface area contributed by atoms with E-state index in [9.17, 15) is 58.8 Å². The van der Waals surface area contributed by atoms with Crippen LogP contribution in [0.2, 0.25) is 0 Å². The van der Waals surface area contributed by atoms with Crippen LogP contribution in [0.4, 0.5) is 5.82 Å². The van der Waals surface area contributed by atoms with Gasteiger partial charge in [-0.25, -0.2) is 13.9 Å². The van der Waals surface area contributed by atoms with Crippen LogP contribution in [0.5, 0.6) is 0 Å². The van der Waals surface area contributed by atoms with Crippen LogP contribution in [0, 0.1) is 5.92 Å². The Kier molecular flexibility index (Phi) is 31.2. The number of aliphatic hydroxyl groups excluding tert-OH is 5. The van der Waals surface area contributed by atoms with Crippen LogP contribution in [0.15, 0.2) is 65.7 Å². The molecule has 1 aromatic rings. The maximum atomic E-state index is 12.9. The van der Waals surface area contributed by atoms with Crippen LogP contribution < -0.4 is 11.4 Å². The number of ether oxygens (including phenoxy) is 3. The zero-order valence-corrected chi connectivity index (χ0v) is 42.6. The lowest BCUT2D eigenvalue weighted by molar-refractivity contribution is -0.161. The molecule has 0 amide bonds. The van der Waals surface area contributed by atoms with E-state index in [0.29, 0.717) is 18.8 Å². The lowest BCUT2D eigenvalue weighted by Crippen LogP contribution is -2.36. The van der Waals surface area contributed by atoms with Gasteiger partial charge in [0.25, 0.3) is 0 Å². The third-order valence-corrected chi connectivity index (χ3v) is 13.6. The van der Waals surface area contributed by atoms with Crippen molar-refractivity contribution in [2.45, 2.75) is 185 Å². The van der Waals surface area contributed by atoms with Gasteiger partial charge in [0.2, 0.25) is 0 Å². The van der Waals surface area contributed by atoms with Gasteiger partial charge in [0, 0.05) is 19.0 Å². The number of carbonyl (C=O) groups excluding carboxylic acids is 2. The van der Waals surface area contributed by atoms with Gasteiger partial charge < -0.3 is 55.3 Å². The summed E-state index contributed by atoms with van der Waals surface area (Å²) in [4.78, 5) is 61.8. The van der Waals surface area contributed by atoms with E-state index in [-0.39, 0.29) is 31.5 Å². The number of allylic oxidation sites excluding steroid dienone is 6. The summed E-state index contributed by atoms with van der Waals surface area (Å²) in [5, 5.41) is 51.6. The summed E-state index contributed by atoms with van der Waals surface area (Å²) >= 11 is 0. The molecule has 0 aliphatic carbocycles. The van der Waals surface area contributed by atoms with Gasteiger partial charge in [-0.15, -0.1) is 0 Å². The molecule has 0 radical (unpaired) electrons. The average molecular weight is 1040 g/mol. The molecule has 2 heterocycles. The number of hydrogen-bond donors (Lipinski definition) is 8. The monoisotopic (exact) mass is 1040 g/mol. The maximum Gasteiger partial charge on any atom is 0.481 e. The van der Waals surface area contributed by atoms with Crippen LogP contribution in [0.25, 0.3) is 0 Å². The van der Waals surface area contributed by atoms with Crippen LogP contribution in [-0.2, 0) is 46.3 Å². The smallest absolute Gasteiger partial charge is 0.462 e. The fourth-order valence-corrected chi connectivity index (χ4v) is 9.11. The summed E-state index contributed by atoms with van der Waals surface area (Å²) in [5.41, 5.74) is 4.55. The number of aliphatic hydroxyl groups is 5. The standard InChI is InChI=1S/C47H79N3O18P2/c1-4-5-17-24-36(51)25-19-14-11-12-15-20-26-38(52)39(53)27-22-29-43(55)66-37(32-63-42(54)28-21-16-10-8-6-7-9-13-18-23-35(2)3)33-64-69(59,60)68-70(61,62)65-34-40-44(56)45(57)46(67-40)50-31-30-41(48)49-47(50)58/h11-12,14-15,19-20,25-26,30-31,35-40,44-46,51-53,56-57H,4-10,13,16-18,21-24,27-29,32-34H2,1-3H3,(H,59,60)(H,61,62)(H2,48,49,58)/b14-11-,15-12+,25-19+,26-20+/t36-,37+,38-,39-,40+,44+,45+,46+/m0/s1. The fourth-order valence-electron chi connectivity index (χ4n) is 7.00. The van der Waals surface area contributed by atoms with Crippen LogP contribution in [0.3, 0.4) is 0 Å². The van der Waals surface area contributed by atoms with Gasteiger partial charge in [0.05, 0.1) is 31.5 Å². The molecule has 0 saturated carbocycles. The van der Waals surface area contributed by atoms with Crippen molar-refractivity contribution in [2.24, 2.45) is 5.92 Å². The Labute approximate surface area is 411 Å². The van der Waals surface area contributed by atoms with Crippen LogP contribution in [0.1, 0.15) is 143 Å². The minimum atomic E-state index is -5.51. The first-order valence-electron chi connectivity index (χ1n) is 24.3. The number of nitrogen functional groups attached to an aromatic ring is 1. The summed E-state index contributed by atoms with van der Waals surface area (Å²) < 4.78 is 56.4. The number of hydrogen-bond acceptors (Lipinski definition) is 18. The van der Waals surface area contributed by atoms with E-state index in [1.54, 1.807) is 36.5 Å². The van der Waals surface area contributed by atoms with E-state index in [1.807, 2.05) is 0 Å². The number of unbranched alkanes of at least 4 members (excludes halogenated alkanes) is 10. The molecule has 1 aliphatic rings. The van der Waals surface area contributed by atoms with Crippen LogP contribution in [-0.4, -0.2) is 119 Å². The summed E-state index contributed by atoms with van der Waals surface area (Å²) in [6.07, 6.45) is 17.2. The van der Waals surface area contributed by atoms with Gasteiger partial charge in [-0.05, 0) is 37.7 Å². The second-order valence-electron chi connectivity index (χ2n) is 17.7. The highest BCUT2D eigenvalue weighted by Gasteiger charge is 2.46. The molecule has 0 bridgehead atoms. The van der Waals surface area contributed by atoms with Gasteiger partial charge in [-0.2, -0.15) is 9.29 Å². The van der Waals surface area contributed by atoms with Crippen molar-refractivity contribution in [3.63, 3.8) is 0 Å². The quantitative estimate of drug-likeness (QED) is 0.0159. The second kappa shape index (κ2) is 34.9. The van der Waals surface area contributed by atoms with Crippen molar-refractivity contribution >= 4 is 33.4 Å². The predicted molar refractivity (Wildman–Crippen MR) is 261 cm³/mol. The Morgan fingerprint density at radius 1 is 0.771 bits per heavy atom. The molecule has 1 saturated heterocycles. The topological polar surface area (TPSA) is 326 Å². The molecular weight excluding hydrogens is 956 g/mol. The van der Waals surface area contributed by atoms with Gasteiger partial charge in [0.15, 0.2) is 12.3 Å². The highest BCUT2D eigenvalue weighted by Crippen LogP contribution is 2.60. The molecule has 23 heteroatoms. The Morgan fingerprint density at radius 3 is 2.00 bits per heavy atom. The molecule has 9 N–H and O–H groups in total. The third-order valence-electron chi connectivity index (χ3n) is 11.0. The number of rotatable bonds is 38. The van der Waals surface area contributed by atoms with Crippen molar-refractivity contribution in [1.29, 1.82) is 0 Å². The van der Waals surface area contributed by atoms with E-state index in [1.165, 1.54) is 50.3 Å². The summed E-state index contributed by atoms with van der Waals surface area (Å²) in [5.74, 6) is -0.936. The fraction of sp³-hybridized carbons (Fsp3) is 0.702. The molecule has 1 aromatic heterocycles. The van der Waals surface area contributed by atoms with E-state index >= 15 is 0 Å². The molecule has 0 aromatic carbocycles. The largest absolute Gasteiger partial charge is 0.481 e. The summed E-state index contributed by atoms with van der Waals surface area (Å²) in [7, 11) is -11.0. The predicted octanol–water partition coefficient (Wildman–Crippen LogP) is 6.16. The van der Waals surface area contributed by atoms with Crippen molar-refractivity contribution in [2.75, 3.05) is 25.6 Å². The van der Waals surface area contributed by atoms with Crippen molar-refractivity contribution in [1.82, 2.24) is 9.55 Å². The van der Waals surface area contributed by atoms with Gasteiger partial charge in [0.1, 0.15) is 30.7 Å². The van der Waals surface area contributed by atoms with Gasteiger partial charge in [-0.1, -0.05) is 146 Å². The zero-order valence-electron chi connectivity index (χ0n) is 40.8. The Hall–Kier alpha value is -3.40. The molecule has 10 atom stereocenters. The Balaban J connectivity index is 1.91. The number of aromatic nitrogens is 2. The highest BCUT2D eigenvalue weighted by atomic mass is 31.3. The lowest BCUT2D eigenvalue weighted by Gasteiger charge is -2.21. The second-order valence-corrected chi connectivity index (χ2v) is 20.7. The van der Waals surface area contributed by atoms with Gasteiger partial charge >= 0.3 is 33.3 Å². The van der Waals surface area contributed by atoms with E-state index in [2.05, 4.69) is 30.1 Å². The SMILES string of the molecule is CCCCC[C@H](O)/C=C/C=C\C=C\C=C\[C@H](O)[C@@H](O)CCCC(=O)O[C@H](COC(=O)CCCCCCCCCCCC(C)C)COP(=O)(O)OP(=O)(O)OC[C@H]1O[C@@H](n2ccc(N)nc2=O)[C@H](O)[C@@H]1O. The molecule has 2 rings (SSSR count). The number of phosphoric acid groups is 2. The van der Waals surface area contributed by atoms with Crippen molar-refractivity contribution < 1.29 is 81.6 Å². The van der Waals surface area contributed by atoms with E-state index < -0.39 is 102 Å². The van der Waals surface area contributed by atoms with E-state index in [4.69, 9.17) is 29.0 Å². The van der Waals surface area contributed by atoms with Crippen LogP contribution >= 0.6 is 15.6 Å². The summed E-state index contributed by atoms with van der Waals surface area (Å²) in [6.45, 7) is 3.95. The Morgan fingerprint density at radius 2 is 1.36 bits per heavy atom. The van der Waals surface area contributed by atoms with Crippen molar-refractivity contribution in [3.8, 4) is 0 Å². The number of anilines is 1. The van der Waals surface area contributed by atoms with Crippen molar-refractivity contribution in [3.05, 3.63) is 71.4 Å². The number of carbonyl (C=O) groups is 2. The zero-order chi connectivity index (χ0) is 52.0. The average Bonchev–Trinajstić information content (AvgIpc) is 3.57. The Bertz CT molecular complexity index is 1930. The summed E-state index contributed by atoms with van der Waals surface area (Å²) in [6, 6.07) is 1.22. The first kappa shape index (κ1) is 62.7. The number of phosphoric ester groups is 2. The molecule has 70 heavy (non-hydrogen) atoms. The minimum Gasteiger partial charge on any atom is -0.462 e. The molecule has 0 spiro atoms. The maximum absolute atomic E-state index is 12.9. The molecular formula is C47H79N3O18P2. The minimum absolute atomic E-state index is 0.0308. The van der Waals surface area contributed by atoms with Gasteiger partial charge in [-0.3, -0.25) is 23.2 Å².